The van der Waals surface area contributed by atoms with Gasteiger partial charge in [-0.2, -0.15) is 0 Å². The largest absolute Gasteiger partial charge is 0.464 e. The van der Waals surface area contributed by atoms with Crippen molar-refractivity contribution in [2.24, 2.45) is 0 Å². The molecule has 0 saturated carbocycles. The van der Waals surface area contributed by atoms with Crippen LogP contribution in [0.4, 0.5) is 9.59 Å². The zero-order chi connectivity index (χ0) is 25.9. The number of carbonyl (C=O) groups is 2. The number of ether oxygens (including phenoxy) is 6. The average molecular weight is 595 g/mol. The standard InChI is InChI=1S/C24H38INO8/c1-9-29-15-31-19-13-17(18(25)14-20(19)32-16-30-10-2)11-12-26(21(27)33-23(3,4)5)22(28)34-24(6,7)8/h13-14H,9-12,15-16H2,1-8H3. The van der Waals surface area contributed by atoms with E-state index in [2.05, 4.69) is 22.6 Å². The molecule has 1 aromatic rings. The van der Waals surface area contributed by atoms with Crippen molar-refractivity contribution in [3.05, 3.63) is 21.3 Å². The zero-order valence-electron chi connectivity index (χ0n) is 21.5. The molecule has 0 aliphatic heterocycles. The summed E-state index contributed by atoms with van der Waals surface area (Å²) in [5, 5.41) is 0. The van der Waals surface area contributed by atoms with Gasteiger partial charge in [-0.1, -0.05) is 0 Å². The van der Waals surface area contributed by atoms with E-state index in [0.29, 0.717) is 31.1 Å². The second kappa shape index (κ2) is 13.9. The Kier molecular flexibility index (Phi) is 12.4. The summed E-state index contributed by atoms with van der Waals surface area (Å²) in [4.78, 5) is 26.5. The Hall–Kier alpha value is -1.79. The third-order valence-corrected chi connectivity index (χ3v) is 4.95. The third kappa shape index (κ3) is 11.6. The predicted octanol–water partition coefficient (Wildman–Crippen LogP) is 5.75. The lowest BCUT2D eigenvalue weighted by Gasteiger charge is -2.28. The molecule has 194 valence electrons. The summed E-state index contributed by atoms with van der Waals surface area (Å²) in [7, 11) is 0. The molecule has 0 N–H and O–H groups in total. The van der Waals surface area contributed by atoms with Crippen molar-refractivity contribution < 1.29 is 38.0 Å². The first kappa shape index (κ1) is 30.2. The molecule has 1 rings (SSSR count). The quantitative estimate of drug-likeness (QED) is 0.181. The van der Waals surface area contributed by atoms with Crippen molar-refractivity contribution in [1.29, 1.82) is 0 Å². The van der Waals surface area contributed by atoms with Crippen molar-refractivity contribution in [3.8, 4) is 11.5 Å². The van der Waals surface area contributed by atoms with E-state index in [1.165, 1.54) is 0 Å². The normalized spacial score (nSPS) is 11.7. The molecule has 0 aromatic heterocycles. The van der Waals surface area contributed by atoms with E-state index in [1.54, 1.807) is 41.5 Å². The van der Waals surface area contributed by atoms with Gasteiger partial charge in [-0.05, 0) is 102 Å². The topological polar surface area (TPSA) is 92.8 Å². The minimum Gasteiger partial charge on any atom is -0.464 e. The van der Waals surface area contributed by atoms with Crippen LogP contribution in [0, 0.1) is 3.57 Å². The molecule has 0 bridgehead atoms. The highest BCUT2D eigenvalue weighted by atomic mass is 127. The minimum absolute atomic E-state index is 0.0590. The smallest absolute Gasteiger partial charge is 0.419 e. The molecule has 2 amide bonds. The van der Waals surface area contributed by atoms with Crippen LogP contribution in [0.3, 0.4) is 0 Å². The first-order valence-electron chi connectivity index (χ1n) is 11.2. The number of imide groups is 1. The Bertz CT molecular complexity index is 773. The molecule has 0 atom stereocenters. The molecule has 0 unspecified atom stereocenters. The van der Waals surface area contributed by atoms with E-state index < -0.39 is 23.4 Å². The molecule has 10 heteroatoms. The summed E-state index contributed by atoms with van der Waals surface area (Å²) in [6, 6.07) is 3.63. The van der Waals surface area contributed by atoms with Crippen LogP contribution in [0.15, 0.2) is 12.1 Å². The van der Waals surface area contributed by atoms with Crippen LogP contribution in [0.25, 0.3) is 0 Å². The maximum atomic E-state index is 12.8. The van der Waals surface area contributed by atoms with Crippen LogP contribution in [0.5, 0.6) is 11.5 Å². The molecule has 0 aliphatic rings. The van der Waals surface area contributed by atoms with Gasteiger partial charge in [0, 0.05) is 23.3 Å². The van der Waals surface area contributed by atoms with Crippen molar-refractivity contribution in [2.75, 3.05) is 33.3 Å². The van der Waals surface area contributed by atoms with Crippen molar-refractivity contribution in [1.82, 2.24) is 4.90 Å². The summed E-state index contributed by atoms with van der Waals surface area (Å²) >= 11 is 2.18. The lowest BCUT2D eigenvalue weighted by atomic mass is 10.1. The molecule has 34 heavy (non-hydrogen) atoms. The second-order valence-electron chi connectivity index (χ2n) is 9.26. The minimum atomic E-state index is -0.763. The van der Waals surface area contributed by atoms with Crippen molar-refractivity contribution >= 4 is 34.8 Å². The van der Waals surface area contributed by atoms with Gasteiger partial charge in [0.25, 0.3) is 0 Å². The first-order chi connectivity index (χ1) is 15.8. The number of nitrogens with zero attached hydrogens (tertiary/aromatic N) is 1. The molecular weight excluding hydrogens is 557 g/mol. The Morgan fingerprint density at radius 3 is 1.68 bits per heavy atom. The van der Waals surface area contributed by atoms with E-state index in [4.69, 9.17) is 28.4 Å². The number of amides is 2. The van der Waals surface area contributed by atoms with E-state index in [-0.39, 0.29) is 20.1 Å². The number of carbonyl (C=O) groups excluding carboxylic acids is 2. The molecule has 0 fully saturated rings. The van der Waals surface area contributed by atoms with E-state index in [1.807, 2.05) is 26.0 Å². The Labute approximate surface area is 216 Å². The first-order valence-corrected chi connectivity index (χ1v) is 12.3. The molecule has 0 heterocycles. The summed E-state index contributed by atoms with van der Waals surface area (Å²) in [6.45, 7) is 15.4. The molecule has 1 aromatic carbocycles. The molecule has 0 spiro atoms. The molecule has 9 nitrogen and oxygen atoms in total. The van der Waals surface area contributed by atoms with Gasteiger partial charge in [0.05, 0.1) is 0 Å². The molecular formula is C24H38INO8. The molecule has 0 saturated heterocycles. The second-order valence-corrected chi connectivity index (χ2v) is 10.4. The summed E-state index contributed by atoms with van der Waals surface area (Å²) in [5.41, 5.74) is -0.662. The Balaban J connectivity index is 3.12. The highest BCUT2D eigenvalue weighted by Crippen LogP contribution is 2.32. The van der Waals surface area contributed by atoms with Crippen molar-refractivity contribution in [3.63, 3.8) is 0 Å². The van der Waals surface area contributed by atoms with Crippen LogP contribution >= 0.6 is 22.6 Å². The SMILES string of the molecule is CCOCOc1cc(I)c(CCN(C(=O)OC(C)(C)C)C(=O)OC(C)(C)C)cc1OCOCC. The van der Waals surface area contributed by atoms with Gasteiger partial charge < -0.3 is 28.4 Å². The van der Waals surface area contributed by atoms with Crippen LogP contribution < -0.4 is 9.47 Å². The zero-order valence-corrected chi connectivity index (χ0v) is 23.6. The fraction of sp³-hybridized carbons (Fsp3) is 0.667. The third-order valence-electron chi connectivity index (χ3n) is 3.95. The van der Waals surface area contributed by atoms with Crippen LogP contribution in [-0.2, 0) is 25.4 Å². The highest BCUT2D eigenvalue weighted by molar-refractivity contribution is 14.1. The number of halogens is 1. The predicted molar refractivity (Wildman–Crippen MR) is 136 cm³/mol. The maximum Gasteiger partial charge on any atom is 0.419 e. The van der Waals surface area contributed by atoms with Crippen LogP contribution in [-0.4, -0.2) is 61.6 Å². The summed E-state index contributed by atoms with van der Waals surface area (Å²) < 4.78 is 33.7. The van der Waals surface area contributed by atoms with Crippen LogP contribution in [0.1, 0.15) is 61.0 Å². The van der Waals surface area contributed by atoms with Crippen molar-refractivity contribution in [2.45, 2.75) is 73.0 Å². The molecule has 0 radical (unpaired) electrons. The number of hydrogen-bond donors (Lipinski definition) is 0. The maximum absolute atomic E-state index is 12.8. The van der Waals surface area contributed by atoms with Gasteiger partial charge in [0.1, 0.15) is 11.2 Å². The van der Waals surface area contributed by atoms with Gasteiger partial charge >= 0.3 is 12.2 Å². The van der Waals surface area contributed by atoms with E-state index >= 15 is 0 Å². The fourth-order valence-corrected chi connectivity index (χ4v) is 3.20. The number of benzene rings is 1. The van der Waals surface area contributed by atoms with E-state index in [9.17, 15) is 9.59 Å². The lowest BCUT2D eigenvalue weighted by Crippen LogP contribution is -2.44. The summed E-state index contributed by atoms with van der Waals surface area (Å²) in [6.07, 6.45) is -1.17. The average Bonchev–Trinajstić information content (AvgIpc) is 2.68. The van der Waals surface area contributed by atoms with Gasteiger partial charge in [-0.25, -0.2) is 14.5 Å². The number of rotatable bonds is 11. The summed E-state index contributed by atoms with van der Waals surface area (Å²) in [5.74, 6) is 0.988. The number of hydrogen-bond acceptors (Lipinski definition) is 8. The lowest BCUT2D eigenvalue weighted by molar-refractivity contribution is 0.00161. The van der Waals surface area contributed by atoms with Crippen LogP contribution in [0.2, 0.25) is 0 Å². The highest BCUT2D eigenvalue weighted by Gasteiger charge is 2.31. The van der Waals surface area contributed by atoms with Gasteiger partial charge in [-0.3, -0.25) is 0 Å². The van der Waals surface area contributed by atoms with Gasteiger partial charge in [-0.15, -0.1) is 0 Å². The van der Waals surface area contributed by atoms with Gasteiger partial charge in [0.15, 0.2) is 25.1 Å². The van der Waals surface area contributed by atoms with E-state index in [0.717, 1.165) is 14.0 Å². The monoisotopic (exact) mass is 595 g/mol. The fourth-order valence-electron chi connectivity index (χ4n) is 2.49. The Morgan fingerprint density at radius 2 is 1.26 bits per heavy atom. The van der Waals surface area contributed by atoms with Gasteiger partial charge in [0.2, 0.25) is 0 Å². The molecule has 0 aliphatic carbocycles. The Morgan fingerprint density at radius 1 is 0.824 bits per heavy atom.